The molecule has 0 N–H and O–H groups in total. The molecule has 3 fully saturated rings. The molecule has 6 aromatic rings. The first-order valence-corrected chi connectivity index (χ1v) is 30.3. The Hall–Kier alpha value is -2.88. The predicted octanol–water partition coefficient (Wildman–Crippen LogP) is 21.0. The Labute approximate surface area is 520 Å². The highest BCUT2D eigenvalue weighted by Crippen LogP contribution is 2.58. The molecule has 12 heteroatoms. The summed E-state index contributed by atoms with van der Waals surface area (Å²) >= 11 is 25.0. The predicted molar refractivity (Wildman–Crippen MR) is 347 cm³/mol. The Morgan fingerprint density at radius 3 is 0.872 bits per heavy atom. The summed E-state index contributed by atoms with van der Waals surface area (Å²) in [6, 6.07) is 37.6. The second-order valence-electron chi connectivity index (χ2n) is 21.3. The minimum atomic E-state index is -0.631. The van der Waals surface area contributed by atoms with E-state index in [1.807, 2.05) is 24.3 Å². The number of ether oxygens (including phenoxy) is 6. The molecule has 0 amide bonds. The third kappa shape index (κ3) is 10.6. The number of halogens is 6. The van der Waals surface area contributed by atoms with Crippen molar-refractivity contribution in [1.82, 2.24) is 0 Å². The summed E-state index contributed by atoms with van der Waals surface area (Å²) in [5, 5.41) is 1.33. The Bertz CT molecular complexity index is 2590. The molecule has 3 saturated carbocycles. The molecular formula is C66H78Br2Cl2I2O6. The van der Waals surface area contributed by atoms with E-state index < -0.39 is 17.4 Å². The summed E-state index contributed by atoms with van der Waals surface area (Å²) in [6.45, 7) is 0. The van der Waals surface area contributed by atoms with Crippen molar-refractivity contribution in [3.05, 3.63) is 169 Å². The van der Waals surface area contributed by atoms with Crippen LogP contribution >= 0.6 is 100 Å². The van der Waals surface area contributed by atoms with Crippen molar-refractivity contribution in [2.75, 3.05) is 0 Å². The zero-order valence-electron chi connectivity index (χ0n) is 39.7. The summed E-state index contributed by atoms with van der Waals surface area (Å²) in [6.07, 6.45) is 16.8. The van der Waals surface area contributed by atoms with Crippen molar-refractivity contribution >= 4 is 100 Å². The molecule has 3 aliphatic carbocycles. The first-order valence-electron chi connectivity index (χ1n) is 25.8. The van der Waals surface area contributed by atoms with Crippen LogP contribution in [-0.4, -0.2) is 17.4 Å². The van der Waals surface area contributed by atoms with Crippen LogP contribution in [0.2, 0.25) is 10.0 Å². The van der Waals surface area contributed by atoms with Gasteiger partial charge in [0.05, 0.1) is 26.1 Å². The van der Waals surface area contributed by atoms with E-state index in [9.17, 15) is 0 Å². The molecule has 6 aliphatic heterocycles. The van der Waals surface area contributed by atoms with Crippen LogP contribution in [0.15, 0.2) is 118 Å². The molecule has 6 aromatic carbocycles. The summed E-state index contributed by atoms with van der Waals surface area (Å²) in [7, 11) is 0. The number of benzene rings is 6. The smallest absolute Gasteiger partial charge is 0.257 e. The van der Waals surface area contributed by atoms with Gasteiger partial charge >= 0.3 is 0 Å². The lowest BCUT2D eigenvalue weighted by molar-refractivity contribution is -0.227. The molecule has 6 nitrogen and oxygen atoms in total. The normalized spacial score (nSPS) is 27.8. The minimum Gasteiger partial charge on any atom is -0.450 e. The number of rotatable bonds is 0. The van der Waals surface area contributed by atoms with Crippen molar-refractivity contribution in [2.24, 2.45) is 35.5 Å². The molecule has 420 valence electrons. The third-order valence-corrected chi connectivity index (χ3v) is 20.9. The standard InChI is InChI=1S/C20H18Br2O2.C20H18Cl2O2.C20H18I2O2.6CH4/c3*21-16-8-1-4-12-10-14-6-3-7-15-11-13-5-2-9-17(22)19(13)24-20(14,15)23-18(12)16;;;;;;/h3*1-2,4-5,8-9,14-15H,3,6-7,10-11H2;6*1H4/t3*14-,15-,20?;;;;;;/m111....../s1. The Kier molecular flexibility index (Phi) is 20.0. The van der Waals surface area contributed by atoms with Crippen LogP contribution in [0, 0.1) is 42.6 Å². The molecule has 0 unspecified atom stereocenters. The van der Waals surface area contributed by atoms with Crippen LogP contribution in [0.5, 0.6) is 34.5 Å². The second-order valence-corrected chi connectivity index (χ2v) is 26.2. The number of hydrogen-bond acceptors (Lipinski definition) is 6. The van der Waals surface area contributed by atoms with Gasteiger partial charge in [0.2, 0.25) is 0 Å². The van der Waals surface area contributed by atoms with Crippen molar-refractivity contribution < 1.29 is 28.4 Å². The topological polar surface area (TPSA) is 55.4 Å². The summed E-state index contributed by atoms with van der Waals surface area (Å²) in [4.78, 5) is 0. The lowest BCUT2D eigenvalue weighted by Gasteiger charge is -2.53. The van der Waals surface area contributed by atoms with Gasteiger partial charge in [-0.3, -0.25) is 0 Å². The second kappa shape index (κ2) is 24.9. The van der Waals surface area contributed by atoms with E-state index in [0.29, 0.717) is 45.6 Å². The fraction of sp³-hybridized carbons (Fsp3) is 0.455. The van der Waals surface area contributed by atoms with Gasteiger partial charge in [0, 0.05) is 35.5 Å². The molecule has 78 heavy (non-hydrogen) atoms. The van der Waals surface area contributed by atoms with E-state index in [1.54, 1.807) is 0 Å². The average Bonchev–Trinajstić information content (AvgIpc) is 3.42. The fourth-order valence-electron chi connectivity index (χ4n) is 14.1. The molecule has 9 aliphatic rings. The van der Waals surface area contributed by atoms with Crippen molar-refractivity contribution in [1.29, 1.82) is 0 Å². The largest absolute Gasteiger partial charge is 0.450 e. The highest BCUT2D eigenvalue weighted by molar-refractivity contribution is 14.1. The van der Waals surface area contributed by atoms with Gasteiger partial charge in [-0.25, -0.2) is 0 Å². The summed E-state index contributed by atoms with van der Waals surface area (Å²) in [5.74, 6) is 6.41. The molecule has 0 aromatic heterocycles. The van der Waals surface area contributed by atoms with Gasteiger partial charge < -0.3 is 28.4 Å². The molecule has 15 rings (SSSR count). The van der Waals surface area contributed by atoms with Crippen LogP contribution in [0.3, 0.4) is 0 Å². The van der Waals surface area contributed by atoms with Gasteiger partial charge in [-0.2, -0.15) is 0 Å². The van der Waals surface area contributed by atoms with Crippen molar-refractivity contribution in [2.45, 2.75) is 158 Å². The van der Waals surface area contributed by atoms with Gasteiger partial charge in [-0.15, -0.1) is 0 Å². The molecule has 6 atom stereocenters. The first-order chi connectivity index (χ1) is 35.0. The molecule has 0 saturated heterocycles. The molecule has 6 heterocycles. The van der Waals surface area contributed by atoms with Crippen LogP contribution in [0.4, 0.5) is 0 Å². The first kappa shape index (κ1) is 62.7. The Morgan fingerprint density at radius 2 is 0.564 bits per heavy atom. The van der Waals surface area contributed by atoms with Gasteiger partial charge in [0.25, 0.3) is 17.4 Å². The molecule has 0 radical (unpaired) electrons. The zero-order chi connectivity index (χ0) is 48.9. The van der Waals surface area contributed by atoms with E-state index in [2.05, 4.69) is 162 Å². The summed E-state index contributed by atoms with van der Waals surface area (Å²) in [5.41, 5.74) is 7.65. The molecular weight excluding hydrogens is 1370 g/mol. The maximum atomic E-state index is 6.74. The third-order valence-electron chi connectivity index (χ3n) is 17.4. The SMILES string of the molecule is Brc1cccc2c1OC13Oc4c(Br)cccc4C[C@H]1CCC[C@@H]3C2.C.C.C.C.C.C.Clc1cccc2c1OC13Oc4c(Cl)cccc4C[C@H]1CCC[C@@H]3C2.Ic1cccc2c1OC13Oc4c(I)cccc4C[C@H]1CCC[C@@H]3C2. The van der Waals surface area contributed by atoms with E-state index in [1.165, 1.54) is 85.5 Å². The van der Waals surface area contributed by atoms with Gasteiger partial charge in [-0.05, 0) is 224 Å². The number of hydrogen-bond donors (Lipinski definition) is 0. The van der Waals surface area contributed by atoms with Crippen LogP contribution in [0.25, 0.3) is 0 Å². The minimum absolute atomic E-state index is 0. The molecule has 3 spiro atoms. The van der Waals surface area contributed by atoms with E-state index in [4.69, 9.17) is 51.6 Å². The van der Waals surface area contributed by atoms with Crippen molar-refractivity contribution in [3.8, 4) is 34.5 Å². The fourth-order valence-corrected chi connectivity index (χ4v) is 16.9. The van der Waals surface area contributed by atoms with E-state index >= 15 is 0 Å². The highest BCUT2D eigenvalue weighted by Gasteiger charge is 2.60. The average molecular weight is 1450 g/mol. The number of para-hydroxylation sites is 6. The van der Waals surface area contributed by atoms with Gasteiger partial charge in [0.15, 0.2) is 0 Å². The van der Waals surface area contributed by atoms with Crippen molar-refractivity contribution in [3.63, 3.8) is 0 Å². The lowest BCUT2D eigenvalue weighted by atomic mass is 9.68. The Morgan fingerprint density at radius 1 is 0.333 bits per heavy atom. The Balaban J connectivity index is 0.000000163. The summed E-state index contributed by atoms with van der Waals surface area (Å²) < 4.78 is 44.4. The highest BCUT2D eigenvalue weighted by atomic mass is 127. The van der Waals surface area contributed by atoms with Gasteiger partial charge in [0.1, 0.15) is 34.5 Å². The monoisotopic (exact) mass is 1450 g/mol. The quantitative estimate of drug-likeness (QED) is 0.141. The van der Waals surface area contributed by atoms with E-state index in [-0.39, 0.29) is 44.6 Å². The lowest BCUT2D eigenvalue weighted by Crippen LogP contribution is -2.61. The van der Waals surface area contributed by atoms with Gasteiger partial charge in [-0.1, -0.05) is 160 Å². The zero-order valence-corrected chi connectivity index (χ0v) is 48.7. The maximum Gasteiger partial charge on any atom is 0.257 e. The van der Waals surface area contributed by atoms with Crippen LogP contribution in [0.1, 0.15) is 136 Å². The van der Waals surface area contributed by atoms with Crippen LogP contribution in [-0.2, 0) is 38.5 Å². The maximum absolute atomic E-state index is 6.74. The van der Waals surface area contributed by atoms with E-state index in [0.717, 1.165) is 94.8 Å². The molecule has 0 bridgehead atoms. The number of fused-ring (bicyclic) bond motifs is 6. The van der Waals surface area contributed by atoms with Crippen LogP contribution < -0.4 is 28.4 Å².